The third kappa shape index (κ3) is 4.37. The molecule has 3 aromatic rings. The summed E-state index contributed by atoms with van der Waals surface area (Å²) in [6, 6.07) is 25.1. The molecule has 3 nitrogen and oxygen atoms in total. The van der Waals surface area contributed by atoms with Gasteiger partial charge in [-0.1, -0.05) is 66.7 Å². The molecular formula is C23H25NO2. The summed E-state index contributed by atoms with van der Waals surface area (Å²) in [5.41, 5.74) is 1.30. The van der Waals surface area contributed by atoms with Crippen LogP contribution in [0.4, 0.5) is 0 Å². The summed E-state index contributed by atoms with van der Waals surface area (Å²) < 4.78 is 0. The van der Waals surface area contributed by atoms with Crippen LogP contribution >= 0.6 is 0 Å². The minimum absolute atomic E-state index is 0.362. The summed E-state index contributed by atoms with van der Waals surface area (Å²) in [4.78, 5) is 4.67. The zero-order valence-corrected chi connectivity index (χ0v) is 15.3. The smallest absolute Gasteiger partial charge is 0.120 e. The van der Waals surface area contributed by atoms with E-state index in [0.29, 0.717) is 12.8 Å². The number of aliphatic hydroxyl groups is 2. The predicted octanol–water partition coefficient (Wildman–Crippen LogP) is 3.87. The Morgan fingerprint density at radius 3 is 1.58 bits per heavy atom. The van der Waals surface area contributed by atoms with Gasteiger partial charge in [-0.25, -0.2) is 0 Å². The summed E-state index contributed by atoms with van der Waals surface area (Å²) in [5.74, 6) is 0. The molecule has 0 amide bonds. The van der Waals surface area contributed by atoms with Gasteiger partial charge < -0.3 is 10.2 Å². The second kappa shape index (κ2) is 7.40. The Morgan fingerprint density at radius 1 is 0.654 bits per heavy atom. The maximum atomic E-state index is 11.6. The predicted molar refractivity (Wildman–Crippen MR) is 104 cm³/mol. The van der Waals surface area contributed by atoms with E-state index in [1.807, 2.05) is 78.9 Å². The van der Waals surface area contributed by atoms with Crippen LogP contribution in [0.1, 0.15) is 36.4 Å². The van der Waals surface area contributed by atoms with Gasteiger partial charge in [0.1, 0.15) is 5.60 Å². The first-order valence-corrected chi connectivity index (χ1v) is 8.87. The fourth-order valence-electron chi connectivity index (χ4n) is 3.23. The molecule has 3 rings (SSSR count). The number of pyridine rings is 1. The monoisotopic (exact) mass is 347 g/mol. The van der Waals surface area contributed by atoms with E-state index in [1.165, 1.54) is 0 Å². The Labute approximate surface area is 155 Å². The van der Waals surface area contributed by atoms with E-state index >= 15 is 0 Å². The van der Waals surface area contributed by atoms with Gasteiger partial charge in [-0.3, -0.25) is 4.98 Å². The Hall–Kier alpha value is -2.49. The summed E-state index contributed by atoms with van der Waals surface area (Å²) >= 11 is 0. The minimum Gasteiger partial charge on any atom is -0.390 e. The second-order valence-electron chi connectivity index (χ2n) is 7.38. The lowest BCUT2D eigenvalue weighted by atomic mass is 9.82. The SMILES string of the molecule is CC(C)(O)Cc1cccc(CC(O)(c2ccccc2)c2ccccc2)n1. The summed E-state index contributed by atoms with van der Waals surface area (Å²) in [7, 11) is 0. The molecule has 26 heavy (non-hydrogen) atoms. The number of nitrogens with zero attached hydrogens (tertiary/aromatic N) is 1. The van der Waals surface area contributed by atoms with Crippen LogP contribution in [0.3, 0.4) is 0 Å². The summed E-state index contributed by atoms with van der Waals surface area (Å²) in [5, 5.41) is 21.7. The molecule has 1 aromatic heterocycles. The van der Waals surface area contributed by atoms with Crippen molar-refractivity contribution in [3.63, 3.8) is 0 Å². The molecule has 0 unspecified atom stereocenters. The Morgan fingerprint density at radius 2 is 1.12 bits per heavy atom. The number of rotatable bonds is 6. The molecule has 0 fully saturated rings. The van der Waals surface area contributed by atoms with Crippen LogP contribution in [0.25, 0.3) is 0 Å². The molecule has 0 bridgehead atoms. The van der Waals surface area contributed by atoms with Gasteiger partial charge in [-0.05, 0) is 37.1 Å². The van der Waals surface area contributed by atoms with E-state index in [1.54, 1.807) is 13.8 Å². The van der Waals surface area contributed by atoms with Crippen molar-refractivity contribution in [1.29, 1.82) is 0 Å². The van der Waals surface area contributed by atoms with Gasteiger partial charge in [0.25, 0.3) is 0 Å². The van der Waals surface area contributed by atoms with Gasteiger partial charge in [0.05, 0.1) is 5.60 Å². The van der Waals surface area contributed by atoms with Crippen LogP contribution in [0.2, 0.25) is 0 Å². The first kappa shape index (κ1) is 18.3. The van der Waals surface area contributed by atoms with Crippen LogP contribution in [-0.2, 0) is 18.4 Å². The maximum Gasteiger partial charge on any atom is 0.120 e. The van der Waals surface area contributed by atoms with Gasteiger partial charge in [-0.2, -0.15) is 0 Å². The quantitative estimate of drug-likeness (QED) is 0.712. The highest BCUT2D eigenvalue weighted by molar-refractivity contribution is 5.37. The van der Waals surface area contributed by atoms with Crippen LogP contribution in [0.5, 0.6) is 0 Å². The standard InChI is InChI=1S/C23H25NO2/c1-22(2,25)16-20-14-9-15-21(24-20)17-23(26,18-10-5-3-6-11-18)19-12-7-4-8-13-19/h3-15,25-26H,16-17H2,1-2H3. The molecule has 0 saturated carbocycles. The average molecular weight is 347 g/mol. The Balaban J connectivity index is 1.99. The highest BCUT2D eigenvalue weighted by atomic mass is 16.3. The number of hydrogen-bond donors (Lipinski definition) is 2. The highest BCUT2D eigenvalue weighted by Gasteiger charge is 2.32. The van der Waals surface area contributed by atoms with Crippen LogP contribution in [0.15, 0.2) is 78.9 Å². The van der Waals surface area contributed by atoms with E-state index in [9.17, 15) is 10.2 Å². The zero-order chi connectivity index (χ0) is 18.6. The molecule has 0 atom stereocenters. The van der Waals surface area contributed by atoms with E-state index in [4.69, 9.17) is 0 Å². The van der Waals surface area contributed by atoms with Crippen molar-refractivity contribution < 1.29 is 10.2 Å². The molecule has 1 heterocycles. The van der Waals surface area contributed by atoms with E-state index in [2.05, 4.69) is 4.98 Å². The van der Waals surface area contributed by atoms with Crippen LogP contribution in [0, 0.1) is 0 Å². The second-order valence-corrected chi connectivity index (χ2v) is 7.38. The van der Waals surface area contributed by atoms with E-state index in [0.717, 1.165) is 22.5 Å². The molecule has 2 aromatic carbocycles. The lowest BCUT2D eigenvalue weighted by Crippen LogP contribution is -2.30. The van der Waals surface area contributed by atoms with Gasteiger partial charge in [0, 0.05) is 24.2 Å². The first-order valence-electron chi connectivity index (χ1n) is 8.87. The van der Waals surface area contributed by atoms with Gasteiger partial charge in [0.2, 0.25) is 0 Å². The van der Waals surface area contributed by atoms with Gasteiger partial charge >= 0.3 is 0 Å². The normalized spacial score (nSPS) is 12.2. The average Bonchev–Trinajstić information content (AvgIpc) is 2.62. The molecule has 0 aliphatic rings. The largest absolute Gasteiger partial charge is 0.390 e. The van der Waals surface area contributed by atoms with Crippen LogP contribution in [-0.4, -0.2) is 20.8 Å². The van der Waals surface area contributed by atoms with Crippen molar-refractivity contribution in [2.24, 2.45) is 0 Å². The van der Waals surface area contributed by atoms with Crippen molar-refractivity contribution in [2.45, 2.75) is 37.9 Å². The fourth-order valence-corrected chi connectivity index (χ4v) is 3.23. The molecule has 2 N–H and O–H groups in total. The van der Waals surface area contributed by atoms with Crippen molar-refractivity contribution in [3.8, 4) is 0 Å². The lowest BCUT2D eigenvalue weighted by molar-refractivity contribution is 0.0777. The third-order valence-corrected chi connectivity index (χ3v) is 4.42. The molecular weight excluding hydrogens is 322 g/mol. The fraction of sp³-hybridized carbons (Fsp3) is 0.261. The van der Waals surface area contributed by atoms with Crippen LogP contribution < -0.4 is 0 Å². The molecule has 0 aliphatic heterocycles. The number of aromatic nitrogens is 1. The summed E-state index contributed by atoms with van der Waals surface area (Å²) in [6.45, 7) is 3.54. The Bertz CT molecular complexity index is 799. The van der Waals surface area contributed by atoms with Gasteiger partial charge in [-0.15, -0.1) is 0 Å². The zero-order valence-electron chi connectivity index (χ0n) is 15.3. The maximum absolute atomic E-state index is 11.6. The van der Waals surface area contributed by atoms with Gasteiger partial charge in [0.15, 0.2) is 0 Å². The van der Waals surface area contributed by atoms with Crippen molar-refractivity contribution in [3.05, 3.63) is 101 Å². The minimum atomic E-state index is -1.16. The number of benzene rings is 2. The molecule has 0 aliphatic carbocycles. The van der Waals surface area contributed by atoms with Crippen molar-refractivity contribution in [2.75, 3.05) is 0 Å². The van der Waals surface area contributed by atoms with Crippen molar-refractivity contribution >= 4 is 0 Å². The third-order valence-electron chi connectivity index (χ3n) is 4.42. The molecule has 0 spiro atoms. The van der Waals surface area contributed by atoms with Crippen molar-refractivity contribution in [1.82, 2.24) is 4.98 Å². The topological polar surface area (TPSA) is 53.4 Å². The lowest BCUT2D eigenvalue weighted by Gasteiger charge is -2.29. The molecule has 0 radical (unpaired) electrons. The van der Waals surface area contributed by atoms with E-state index in [-0.39, 0.29) is 0 Å². The number of hydrogen-bond acceptors (Lipinski definition) is 3. The molecule has 0 saturated heterocycles. The first-order chi connectivity index (χ1) is 12.4. The van der Waals surface area contributed by atoms with E-state index < -0.39 is 11.2 Å². The Kier molecular flexibility index (Phi) is 5.21. The highest BCUT2D eigenvalue weighted by Crippen LogP contribution is 2.32. The summed E-state index contributed by atoms with van der Waals surface area (Å²) in [6.07, 6.45) is 0.830. The molecule has 3 heteroatoms. The molecule has 134 valence electrons.